The van der Waals surface area contributed by atoms with Crippen molar-refractivity contribution in [2.45, 2.75) is 52.6 Å². The van der Waals surface area contributed by atoms with Gasteiger partial charge in [0, 0.05) is 0 Å². The third-order valence-electron chi connectivity index (χ3n) is 3.48. The van der Waals surface area contributed by atoms with Crippen molar-refractivity contribution in [1.82, 2.24) is 5.32 Å². The van der Waals surface area contributed by atoms with E-state index in [1.807, 2.05) is 20.8 Å². The standard InChI is InChI=1S/C16H26N2O/c1-10(2)13-6-8-14(9-7-13)12(5)18-16(19)15(17)11(3)4/h6-12,15H,17H2,1-5H3,(H,18,19)/t12?,15-/m1/s1. The molecule has 3 nitrogen and oxygen atoms in total. The summed E-state index contributed by atoms with van der Waals surface area (Å²) in [6.07, 6.45) is 0. The molecule has 0 bridgehead atoms. The molecule has 0 aliphatic rings. The first-order chi connectivity index (χ1) is 8.82. The molecule has 1 unspecified atom stereocenters. The lowest BCUT2D eigenvalue weighted by molar-refractivity contribution is -0.123. The van der Waals surface area contributed by atoms with Crippen LogP contribution in [0.25, 0.3) is 0 Å². The highest BCUT2D eigenvalue weighted by Gasteiger charge is 2.19. The predicted molar refractivity (Wildman–Crippen MR) is 79.9 cm³/mol. The summed E-state index contributed by atoms with van der Waals surface area (Å²) in [7, 11) is 0. The predicted octanol–water partition coefficient (Wildman–Crippen LogP) is 2.97. The zero-order chi connectivity index (χ0) is 14.6. The average Bonchev–Trinajstić information content (AvgIpc) is 2.37. The first-order valence-electron chi connectivity index (χ1n) is 6.98. The van der Waals surface area contributed by atoms with Crippen molar-refractivity contribution in [3.8, 4) is 0 Å². The SMILES string of the molecule is CC(C)c1ccc(C(C)NC(=O)[C@H](N)C(C)C)cc1. The number of hydrogen-bond donors (Lipinski definition) is 2. The molecule has 1 rings (SSSR count). The van der Waals surface area contributed by atoms with Crippen LogP contribution in [0, 0.1) is 5.92 Å². The minimum atomic E-state index is -0.447. The third kappa shape index (κ3) is 4.35. The van der Waals surface area contributed by atoms with Crippen molar-refractivity contribution >= 4 is 5.91 Å². The van der Waals surface area contributed by atoms with Crippen LogP contribution in [-0.4, -0.2) is 11.9 Å². The number of nitrogens with one attached hydrogen (secondary N) is 1. The minimum Gasteiger partial charge on any atom is -0.348 e. The molecule has 1 amide bonds. The first-order valence-corrected chi connectivity index (χ1v) is 6.98. The van der Waals surface area contributed by atoms with Crippen LogP contribution in [0.1, 0.15) is 57.7 Å². The van der Waals surface area contributed by atoms with Gasteiger partial charge >= 0.3 is 0 Å². The van der Waals surface area contributed by atoms with Gasteiger partial charge in [-0.25, -0.2) is 0 Å². The largest absolute Gasteiger partial charge is 0.348 e. The molecular weight excluding hydrogens is 236 g/mol. The van der Waals surface area contributed by atoms with Crippen LogP contribution in [0.15, 0.2) is 24.3 Å². The van der Waals surface area contributed by atoms with E-state index in [1.165, 1.54) is 5.56 Å². The Kier molecular flexibility index (Phi) is 5.55. The molecule has 1 aromatic rings. The molecule has 106 valence electrons. The molecule has 0 radical (unpaired) electrons. The zero-order valence-electron chi connectivity index (χ0n) is 12.6. The highest BCUT2D eigenvalue weighted by atomic mass is 16.2. The van der Waals surface area contributed by atoms with Crippen LogP contribution in [0.4, 0.5) is 0 Å². The average molecular weight is 262 g/mol. The molecule has 0 aliphatic carbocycles. The lowest BCUT2D eigenvalue weighted by Crippen LogP contribution is -2.44. The van der Waals surface area contributed by atoms with Gasteiger partial charge in [-0.2, -0.15) is 0 Å². The number of amides is 1. The van der Waals surface area contributed by atoms with Gasteiger partial charge in [-0.05, 0) is 29.9 Å². The molecule has 0 aliphatic heterocycles. The van der Waals surface area contributed by atoms with E-state index in [0.29, 0.717) is 5.92 Å². The van der Waals surface area contributed by atoms with Gasteiger partial charge in [-0.15, -0.1) is 0 Å². The van der Waals surface area contributed by atoms with Crippen molar-refractivity contribution < 1.29 is 4.79 Å². The van der Waals surface area contributed by atoms with Crippen molar-refractivity contribution in [1.29, 1.82) is 0 Å². The molecule has 0 saturated carbocycles. The summed E-state index contributed by atoms with van der Waals surface area (Å²) in [5.74, 6) is 0.583. The fraction of sp³-hybridized carbons (Fsp3) is 0.562. The van der Waals surface area contributed by atoms with E-state index in [2.05, 4.69) is 43.4 Å². The summed E-state index contributed by atoms with van der Waals surface area (Å²) in [5, 5.41) is 2.96. The number of hydrogen-bond acceptors (Lipinski definition) is 2. The minimum absolute atomic E-state index is 0.0153. The molecule has 19 heavy (non-hydrogen) atoms. The fourth-order valence-corrected chi connectivity index (χ4v) is 1.87. The Labute approximate surface area is 116 Å². The van der Waals surface area contributed by atoms with E-state index in [0.717, 1.165) is 5.56 Å². The maximum absolute atomic E-state index is 11.9. The van der Waals surface area contributed by atoms with Crippen LogP contribution in [0.2, 0.25) is 0 Å². The molecule has 2 atom stereocenters. The van der Waals surface area contributed by atoms with Gasteiger partial charge in [-0.1, -0.05) is 52.0 Å². The van der Waals surface area contributed by atoms with Crippen molar-refractivity contribution in [2.75, 3.05) is 0 Å². The second-order valence-corrected chi connectivity index (χ2v) is 5.82. The van der Waals surface area contributed by atoms with Crippen LogP contribution < -0.4 is 11.1 Å². The second-order valence-electron chi connectivity index (χ2n) is 5.82. The smallest absolute Gasteiger partial charge is 0.237 e. The number of nitrogens with two attached hydrogens (primary N) is 1. The monoisotopic (exact) mass is 262 g/mol. The van der Waals surface area contributed by atoms with Crippen LogP contribution in [0.3, 0.4) is 0 Å². The maximum atomic E-state index is 11.9. The van der Waals surface area contributed by atoms with Gasteiger partial charge in [0.05, 0.1) is 12.1 Å². The third-order valence-corrected chi connectivity index (χ3v) is 3.48. The Morgan fingerprint density at radius 3 is 1.89 bits per heavy atom. The highest BCUT2D eigenvalue weighted by Crippen LogP contribution is 2.18. The first kappa shape index (κ1) is 15.7. The molecular formula is C16H26N2O. The Balaban J connectivity index is 2.68. The number of benzene rings is 1. The molecule has 0 fully saturated rings. The Hall–Kier alpha value is -1.35. The molecule has 3 N–H and O–H groups in total. The van der Waals surface area contributed by atoms with Gasteiger partial charge in [0.1, 0.15) is 0 Å². The Morgan fingerprint density at radius 1 is 1.00 bits per heavy atom. The Bertz CT molecular complexity index is 409. The van der Waals surface area contributed by atoms with E-state index < -0.39 is 6.04 Å². The van der Waals surface area contributed by atoms with E-state index in [9.17, 15) is 4.79 Å². The van der Waals surface area contributed by atoms with Crippen molar-refractivity contribution in [2.24, 2.45) is 11.7 Å². The van der Waals surface area contributed by atoms with Gasteiger partial charge in [0.2, 0.25) is 5.91 Å². The lowest BCUT2D eigenvalue weighted by Gasteiger charge is -2.20. The summed E-state index contributed by atoms with van der Waals surface area (Å²) >= 11 is 0. The molecule has 0 spiro atoms. The zero-order valence-corrected chi connectivity index (χ0v) is 12.6. The number of carbonyl (C=O) groups excluding carboxylic acids is 1. The summed E-state index contributed by atoms with van der Waals surface area (Å²) in [5.41, 5.74) is 8.25. The van der Waals surface area contributed by atoms with Crippen LogP contribution >= 0.6 is 0 Å². The Morgan fingerprint density at radius 2 is 1.47 bits per heavy atom. The molecule has 1 aromatic carbocycles. The van der Waals surface area contributed by atoms with E-state index in [-0.39, 0.29) is 17.9 Å². The van der Waals surface area contributed by atoms with Gasteiger partial charge in [-0.3, -0.25) is 4.79 Å². The quantitative estimate of drug-likeness (QED) is 0.857. The second kappa shape index (κ2) is 6.71. The summed E-state index contributed by atoms with van der Waals surface area (Å²) in [4.78, 5) is 11.9. The molecule has 0 saturated heterocycles. The highest BCUT2D eigenvalue weighted by molar-refractivity contribution is 5.82. The summed E-state index contributed by atoms with van der Waals surface area (Å²) in [6.45, 7) is 10.2. The summed E-state index contributed by atoms with van der Waals surface area (Å²) < 4.78 is 0. The maximum Gasteiger partial charge on any atom is 0.237 e. The van der Waals surface area contributed by atoms with E-state index >= 15 is 0 Å². The van der Waals surface area contributed by atoms with Crippen molar-refractivity contribution in [3.63, 3.8) is 0 Å². The summed E-state index contributed by atoms with van der Waals surface area (Å²) in [6, 6.07) is 7.91. The topological polar surface area (TPSA) is 55.1 Å². The van der Waals surface area contributed by atoms with E-state index in [4.69, 9.17) is 5.73 Å². The van der Waals surface area contributed by atoms with Crippen LogP contribution in [0.5, 0.6) is 0 Å². The van der Waals surface area contributed by atoms with Gasteiger partial charge < -0.3 is 11.1 Å². The fourth-order valence-electron chi connectivity index (χ4n) is 1.87. The number of rotatable bonds is 5. The molecule has 0 heterocycles. The van der Waals surface area contributed by atoms with Gasteiger partial charge in [0.25, 0.3) is 0 Å². The van der Waals surface area contributed by atoms with Gasteiger partial charge in [0.15, 0.2) is 0 Å². The normalized spacial score (nSPS) is 14.5. The van der Waals surface area contributed by atoms with Crippen molar-refractivity contribution in [3.05, 3.63) is 35.4 Å². The molecule has 0 aromatic heterocycles. The molecule has 3 heteroatoms. The van der Waals surface area contributed by atoms with Crippen LogP contribution in [-0.2, 0) is 4.79 Å². The van der Waals surface area contributed by atoms with E-state index in [1.54, 1.807) is 0 Å². The lowest BCUT2D eigenvalue weighted by atomic mass is 9.99. The number of carbonyl (C=O) groups is 1.